The highest BCUT2D eigenvalue weighted by molar-refractivity contribution is 7.10. The van der Waals surface area contributed by atoms with Crippen LogP contribution in [0.1, 0.15) is 46.7 Å². The number of thiophene rings is 1. The number of hydrogen-bond donors (Lipinski definition) is 2. The summed E-state index contributed by atoms with van der Waals surface area (Å²) in [6.45, 7) is 7.03. The number of anilines is 1. The highest BCUT2D eigenvalue weighted by atomic mass is 32.1. The van der Waals surface area contributed by atoms with Crippen LogP contribution in [0.3, 0.4) is 0 Å². The first-order valence-corrected chi connectivity index (χ1v) is 10.4. The zero-order valence-electron chi connectivity index (χ0n) is 15.0. The van der Waals surface area contributed by atoms with Crippen LogP contribution >= 0.6 is 22.9 Å². The van der Waals surface area contributed by atoms with Crippen molar-refractivity contribution in [1.29, 1.82) is 0 Å². The third kappa shape index (κ3) is 4.22. The Kier molecular flexibility index (Phi) is 6.09. The lowest BCUT2D eigenvalue weighted by molar-refractivity contribution is 0.0915. The quantitative estimate of drug-likeness (QED) is 0.804. The molecule has 5 nitrogen and oxygen atoms in total. The third-order valence-corrected chi connectivity index (χ3v) is 6.83. The number of likely N-dealkylation sites (tertiary alicyclic amines) is 1. The molecule has 3 rings (SSSR count). The molecule has 0 saturated carbocycles. The normalized spacial score (nSPS) is 17.4. The van der Waals surface area contributed by atoms with Gasteiger partial charge >= 0.3 is 0 Å². The minimum atomic E-state index is -0.0393. The van der Waals surface area contributed by atoms with Gasteiger partial charge in [-0.3, -0.25) is 9.69 Å². The van der Waals surface area contributed by atoms with Gasteiger partial charge in [-0.1, -0.05) is 13.0 Å². The number of piperidine rings is 1. The Labute approximate surface area is 157 Å². The zero-order chi connectivity index (χ0) is 17.8. The molecule has 2 N–H and O–H groups in total. The lowest BCUT2D eigenvalue weighted by Gasteiger charge is -2.36. The number of amides is 1. The first kappa shape index (κ1) is 18.4. The SMILES string of the molecule is CNc1snc(C)c1C(=O)NCC(c1cccs1)N1CCC(C)CC1. The molecule has 0 aliphatic carbocycles. The van der Waals surface area contributed by atoms with E-state index in [1.807, 2.05) is 14.0 Å². The molecule has 1 fully saturated rings. The number of aromatic nitrogens is 1. The molecule has 1 aliphatic heterocycles. The molecule has 2 aromatic heterocycles. The summed E-state index contributed by atoms with van der Waals surface area (Å²) in [4.78, 5) is 16.6. The van der Waals surface area contributed by atoms with Crippen molar-refractivity contribution in [3.8, 4) is 0 Å². The van der Waals surface area contributed by atoms with Crippen molar-refractivity contribution in [2.45, 2.75) is 32.7 Å². The summed E-state index contributed by atoms with van der Waals surface area (Å²) in [7, 11) is 1.83. The molecule has 0 bridgehead atoms. The predicted octanol–water partition coefficient (Wildman–Crippen LogP) is 3.76. The molecule has 1 amide bonds. The van der Waals surface area contributed by atoms with E-state index in [0.717, 1.165) is 29.7 Å². The van der Waals surface area contributed by atoms with Gasteiger partial charge in [0.2, 0.25) is 0 Å². The summed E-state index contributed by atoms with van der Waals surface area (Å²) >= 11 is 3.10. The maximum absolute atomic E-state index is 12.7. The number of nitrogens with one attached hydrogen (secondary N) is 2. The lowest BCUT2D eigenvalue weighted by Crippen LogP contribution is -2.41. The van der Waals surface area contributed by atoms with Gasteiger partial charge in [0.25, 0.3) is 5.91 Å². The molecule has 25 heavy (non-hydrogen) atoms. The summed E-state index contributed by atoms with van der Waals surface area (Å²) in [5.41, 5.74) is 1.45. The van der Waals surface area contributed by atoms with Gasteiger partial charge in [-0.2, -0.15) is 4.37 Å². The van der Waals surface area contributed by atoms with Crippen LogP contribution in [0.5, 0.6) is 0 Å². The molecule has 0 radical (unpaired) electrons. The van der Waals surface area contributed by atoms with Gasteiger partial charge in [-0.05, 0) is 61.8 Å². The highest BCUT2D eigenvalue weighted by Gasteiger charge is 2.26. The van der Waals surface area contributed by atoms with Gasteiger partial charge in [0.1, 0.15) is 5.00 Å². The molecule has 1 unspecified atom stereocenters. The van der Waals surface area contributed by atoms with E-state index in [1.165, 1.54) is 29.3 Å². The topological polar surface area (TPSA) is 57.3 Å². The first-order chi connectivity index (χ1) is 12.1. The second-order valence-corrected chi connectivity index (χ2v) is 8.43. The van der Waals surface area contributed by atoms with Crippen LogP contribution in [0.25, 0.3) is 0 Å². The molecular formula is C18H26N4OS2. The highest BCUT2D eigenvalue weighted by Crippen LogP contribution is 2.29. The standard InChI is InChI=1S/C18H26N4OS2/c1-12-6-8-22(9-7-12)14(15-5-4-10-24-15)11-20-17(23)16-13(2)21-25-18(16)19-3/h4-5,10,12,14,19H,6-9,11H2,1-3H3,(H,20,23). The van der Waals surface area contributed by atoms with E-state index < -0.39 is 0 Å². The average molecular weight is 379 g/mol. The Morgan fingerprint density at radius 3 is 2.84 bits per heavy atom. The minimum absolute atomic E-state index is 0.0393. The Morgan fingerprint density at radius 2 is 2.20 bits per heavy atom. The number of nitrogens with zero attached hydrogens (tertiary/aromatic N) is 2. The van der Waals surface area contributed by atoms with Crippen molar-refractivity contribution >= 4 is 33.8 Å². The van der Waals surface area contributed by atoms with Crippen LogP contribution in [0.2, 0.25) is 0 Å². The molecule has 0 spiro atoms. The van der Waals surface area contributed by atoms with Crippen LogP contribution in [-0.4, -0.2) is 41.9 Å². The van der Waals surface area contributed by atoms with Gasteiger partial charge in [0, 0.05) is 18.5 Å². The van der Waals surface area contributed by atoms with E-state index >= 15 is 0 Å². The Bertz CT molecular complexity index is 690. The van der Waals surface area contributed by atoms with Crippen LogP contribution < -0.4 is 10.6 Å². The monoisotopic (exact) mass is 378 g/mol. The number of carbonyl (C=O) groups is 1. The second kappa shape index (κ2) is 8.29. The molecule has 1 saturated heterocycles. The van der Waals surface area contributed by atoms with Gasteiger partial charge < -0.3 is 10.6 Å². The first-order valence-electron chi connectivity index (χ1n) is 8.79. The number of hydrogen-bond acceptors (Lipinski definition) is 6. The van der Waals surface area contributed by atoms with Crippen LogP contribution in [0.4, 0.5) is 5.00 Å². The largest absolute Gasteiger partial charge is 0.378 e. The molecular weight excluding hydrogens is 352 g/mol. The zero-order valence-corrected chi connectivity index (χ0v) is 16.7. The van der Waals surface area contributed by atoms with E-state index in [2.05, 4.69) is 44.3 Å². The molecule has 3 heterocycles. The van der Waals surface area contributed by atoms with Crippen molar-refractivity contribution in [2.75, 3.05) is 32.0 Å². The molecule has 1 atom stereocenters. The van der Waals surface area contributed by atoms with Crippen molar-refractivity contribution in [2.24, 2.45) is 5.92 Å². The molecule has 136 valence electrons. The fourth-order valence-corrected chi connectivity index (χ4v) is 4.92. The maximum atomic E-state index is 12.7. The van der Waals surface area contributed by atoms with Crippen LogP contribution in [0.15, 0.2) is 17.5 Å². The second-order valence-electron chi connectivity index (χ2n) is 6.68. The minimum Gasteiger partial charge on any atom is -0.378 e. The van der Waals surface area contributed by atoms with E-state index in [0.29, 0.717) is 12.1 Å². The fraction of sp³-hybridized carbons (Fsp3) is 0.556. The van der Waals surface area contributed by atoms with Crippen molar-refractivity contribution < 1.29 is 4.79 Å². The maximum Gasteiger partial charge on any atom is 0.256 e. The van der Waals surface area contributed by atoms with Crippen molar-refractivity contribution in [1.82, 2.24) is 14.6 Å². The Balaban J connectivity index is 1.70. The fourth-order valence-electron chi connectivity index (χ4n) is 3.32. The van der Waals surface area contributed by atoms with Gasteiger partial charge in [0.05, 0.1) is 17.3 Å². The summed E-state index contributed by atoms with van der Waals surface area (Å²) in [6.07, 6.45) is 2.46. The van der Waals surface area contributed by atoms with Crippen molar-refractivity contribution in [3.63, 3.8) is 0 Å². The molecule has 0 aromatic carbocycles. The van der Waals surface area contributed by atoms with Crippen LogP contribution in [-0.2, 0) is 0 Å². The summed E-state index contributed by atoms with van der Waals surface area (Å²) in [5, 5.41) is 9.16. The van der Waals surface area contributed by atoms with Gasteiger partial charge in [0.15, 0.2) is 0 Å². The smallest absolute Gasteiger partial charge is 0.256 e. The molecule has 1 aliphatic rings. The van der Waals surface area contributed by atoms with E-state index in [1.54, 1.807) is 11.3 Å². The average Bonchev–Trinajstić information content (AvgIpc) is 3.26. The van der Waals surface area contributed by atoms with Crippen LogP contribution in [0, 0.1) is 12.8 Å². The van der Waals surface area contributed by atoms with Gasteiger partial charge in [-0.25, -0.2) is 0 Å². The summed E-state index contributed by atoms with van der Waals surface area (Å²) in [5.74, 6) is 0.759. The summed E-state index contributed by atoms with van der Waals surface area (Å²) < 4.78 is 4.29. The van der Waals surface area contributed by atoms with Crippen molar-refractivity contribution in [3.05, 3.63) is 33.6 Å². The Morgan fingerprint density at radius 1 is 1.44 bits per heavy atom. The van der Waals surface area contributed by atoms with E-state index in [-0.39, 0.29) is 11.9 Å². The van der Waals surface area contributed by atoms with E-state index in [4.69, 9.17) is 0 Å². The lowest BCUT2D eigenvalue weighted by atomic mass is 9.97. The predicted molar refractivity (Wildman–Crippen MR) is 106 cm³/mol. The third-order valence-electron chi connectivity index (χ3n) is 4.90. The molecule has 2 aromatic rings. The number of carbonyl (C=O) groups excluding carboxylic acids is 1. The number of rotatable bonds is 6. The van der Waals surface area contributed by atoms with E-state index in [9.17, 15) is 4.79 Å². The summed E-state index contributed by atoms with van der Waals surface area (Å²) in [6, 6.07) is 4.52. The Hall–Kier alpha value is -1.44. The molecule has 7 heteroatoms. The number of aryl methyl sites for hydroxylation is 1. The van der Waals surface area contributed by atoms with Gasteiger partial charge in [-0.15, -0.1) is 11.3 Å².